The molecule has 1 N–H and O–H groups in total. The molecule has 1 heterocycles. The van der Waals surface area contributed by atoms with Gasteiger partial charge < -0.3 is 5.32 Å². The highest BCUT2D eigenvalue weighted by Crippen LogP contribution is 2.21. The third-order valence-corrected chi connectivity index (χ3v) is 4.96. The number of carbonyl (C=O) groups excluding carboxylic acids is 1. The van der Waals surface area contributed by atoms with Crippen molar-refractivity contribution in [2.75, 3.05) is 5.32 Å². The van der Waals surface area contributed by atoms with Crippen LogP contribution in [0.5, 0.6) is 0 Å². The number of benzene rings is 1. The van der Waals surface area contributed by atoms with Crippen LogP contribution in [0, 0.1) is 0 Å². The number of hydrogen-bond acceptors (Lipinski definition) is 2. The van der Waals surface area contributed by atoms with Crippen LogP contribution in [0.15, 0.2) is 73.0 Å². The van der Waals surface area contributed by atoms with Crippen molar-refractivity contribution < 1.29 is 4.79 Å². The zero-order chi connectivity index (χ0) is 21.3. The van der Waals surface area contributed by atoms with Crippen molar-refractivity contribution in [2.45, 2.75) is 71.1 Å². The van der Waals surface area contributed by atoms with Gasteiger partial charge in [0.25, 0.3) is 0 Å². The van der Waals surface area contributed by atoms with Crippen molar-refractivity contribution in [1.82, 2.24) is 4.98 Å². The van der Waals surface area contributed by atoms with Gasteiger partial charge in [-0.25, -0.2) is 0 Å². The van der Waals surface area contributed by atoms with E-state index in [-0.39, 0.29) is 5.91 Å². The lowest BCUT2D eigenvalue weighted by Gasteiger charge is -2.08. The van der Waals surface area contributed by atoms with E-state index in [0.29, 0.717) is 6.42 Å². The minimum absolute atomic E-state index is 0.0781. The summed E-state index contributed by atoms with van der Waals surface area (Å²) in [4.78, 5) is 16.6. The fourth-order valence-corrected chi connectivity index (χ4v) is 3.32. The molecule has 0 spiro atoms. The Kier molecular flexibility index (Phi) is 12.0. The molecule has 30 heavy (non-hydrogen) atoms. The van der Waals surface area contributed by atoms with E-state index < -0.39 is 0 Å². The lowest BCUT2D eigenvalue weighted by Crippen LogP contribution is -2.11. The molecular formula is C27H36N2O. The second-order valence-corrected chi connectivity index (χ2v) is 7.53. The van der Waals surface area contributed by atoms with Gasteiger partial charge >= 0.3 is 0 Å². The number of rotatable bonds is 14. The number of para-hydroxylation sites is 1. The van der Waals surface area contributed by atoms with Crippen LogP contribution >= 0.6 is 0 Å². The molecule has 3 nitrogen and oxygen atoms in total. The fourth-order valence-electron chi connectivity index (χ4n) is 3.32. The number of pyridine rings is 1. The molecule has 0 bridgehead atoms. The van der Waals surface area contributed by atoms with Gasteiger partial charge in [-0.1, -0.05) is 80.8 Å². The van der Waals surface area contributed by atoms with Crippen molar-refractivity contribution in [1.29, 1.82) is 0 Å². The Balaban J connectivity index is 1.49. The van der Waals surface area contributed by atoms with Crippen LogP contribution in [0.3, 0.4) is 0 Å². The lowest BCUT2D eigenvalue weighted by atomic mass is 10.1. The summed E-state index contributed by atoms with van der Waals surface area (Å²) >= 11 is 0. The summed E-state index contributed by atoms with van der Waals surface area (Å²) in [5.74, 6) is 0.0781. The number of allylic oxidation sites excluding steroid dienone is 6. The normalized spacial score (nSPS) is 11.9. The van der Waals surface area contributed by atoms with Crippen LogP contribution in [0.2, 0.25) is 0 Å². The molecule has 0 aliphatic rings. The number of nitrogens with one attached hydrogen (secondary N) is 1. The zero-order valence-electron chi connectivity index (χ0n) is 18.4. The molecule has 160 valence electrons. The molecule has 1 amide bonds. The molecule has 3 heteroatoms. The highest BCUT2D eigenvalue weighted by atomic mass is 16.1. The summed E-state index contributed by atoms with van der Waals surface area (Å²) in [6.45, 7) is 2.16. The molecule has 0 radical (unpaired) electrons. The summed E-state index contributed by atoms with van der Waals surface area (Å²) in [6.07, 6.45) is 25.8. The molecule has 0 fully saturated rings. The Morgan fingerprint density at radius 1 is 0.867 bits per heavy atom. The quantitative estimate of drug-likeness (QED) is 0.258. The average molecular weight is 405 g/mol. The average Bonchev–Trinajstić information content (AvgIpc) is 2.76. The van der Waals surface area contributed by atoms with Crippen molar-refractivity contribution in [2.24, 2.45) is 0 Å². The summed E-state index contributed by atoms with van der Waals surface area (Å²) < 4.78 is 0. The maximum Gasteiger partial charge on any atom is 0.224 e. The van der Waals surface area contributed by atoms with Gasteiger partial charge in [-0.05, 0) is 50.7 Å². The van der Waals surface area contributed by atoms with Gasteiger partial charge in [-0.15, -0.1) is 0 Å². The molecule has 1 aromatic heterocycles. The van der Waals surface area contributed by atoms with Gasteiger partial charge in [-0.3, -0.25) is 9.78 Å². The van der Waals surface area contributed by atoms with E-state index >= 15 is 0 Å². The van der Waals surface area contributed by atoms with Crippen LogP contribution in [0.25, 0.3) is 10.9 Å². The predicted octanol–water partition coefficient (Wildman–Crippen LogP) is 7.76. The number of carbonyl (C=O) groups is 1. The van der Waals surface area contributed by atoms with E-state index in [1.54, 1.807) is 6.20 Å². The largest absolute Gasteiger partial charge is 0.324 e. The van der Waals surface area contributed by atoms with Crippen molar-refractivity contribution in [3.05, 3.63) is 73.0 Å². The Labute approximate surface area is 182 Å². The van der Waals surface area contributed by atoms with Crippen molar-refractivity contribution >= 4 is 22.5 Å². The Morgan fingerprint density at radius 3 is 2.40 bits per heavy atom. The fraction of sp³-hybridized carbons (Fsp3) is 0.407. The van der Waals surface area contributed by atoms with Gasteiger partial charge in [0.1, 0.15) is 0 Å². The van der Waals surface area contributed by atoms with Crippen LogP contribution in [0.4, 0.5) is 5.69 Å². The molecule has 0 aliphatic heterocycles. The number of nitrogens with zero attached hydrogens (tertiary/aromatic N) is 1. The highest BCUT2D eigenvalue weighted by molar-refractivity contribution is 6.00. The molecule has 0 aliphatic carbocycles. The maximum atomic E-state index is 12.2. The van der Waals surface area contributed by atoms with Crippen LogP contribution in [0.1, 0.15) is 71.1 Å². The first-order chi connectivity index (χ1) is 14.8. The summed E-state index contributed by atoms with van der Waals surface area (Å²) in [7, 11) is 0. The van der Waals surface area contributed by atoms with Crippen molar-refractivity contribution in [3.63, 3.8) is 0 Å². The number of anilines is 1. The first kappa shape index (κ1) is 23.6. The number of aromatic nitrogens is 1. The topological polar surface area (TPSA) is 42.0 Å². The Morgan fingerprint density at radius 2 is 1.57 bits per heavy atom. The Hall–Kier alpha value is -2.68. The number of fused-ring (bicyclic) bond motifs is 1. The Bertz CT molecular complexity index is 830. The van der Waals surface area contributed by atoms with E-state index in [4.69, 9.17) is 0 Å². The van der Waals surface area contributed by atoms with Gasteiger partial charge in [0, 0.05) is 18.0 Å². The van der Waals surface area contributed by atoms with Crippen LogP contribution in [-0.4, -0.2) is 10.9 Å². The van der Waals surface area contributed by atoms with Crippen LogP contribution < -0.4 is 5.32 Å². The molecule has 2 aromatic rings. The second-order valence-electron chi connectivity index (χ2n) is 7.53. The van der Waals surface area contributed by atoms with Crippen molar-refractivity contribution in [3.8, 4) is 0 Å². The lowest BCUT2D eigenvalue weighted by molar-refractivity contribution is -0.116. The predicted molar refractivity (Wildman–Crippen MR) is 130 cm³/mol. The molecular weight excluding hydrogens is 368 g/mol. The monoisotopic (exact) mass is 404 g/mol. The van der Waals surface area contributed by atoms with Crippen LogP contribution in [-0.2, 0) is 4.79 Å². The van der Waals surface area contributed by atoms with E-state index in [0.717, 1.165) is 55.1 Å². The first-order valence-electron chi connectivity index (χ1n) is 11.4. The minimum atomic E-state index is 0.0781. The smallest absolute Gasteiger partial charge is 0.224 e. The van der Waals surface area contributed by atoms with E-state index in [1.165, 1.54) is 19.3 Å². The summed E-state index contributed by atoms with van der Waals surface area (Å²) in [5.41, 5.74) is 1.65. The van der Waals surface area contributed by atoms with Gasteiger partial charge in [0.15, 0.2) is 0 Å². The summed E-state index contributed by atoms with van der Waals surface area (Å²) in [5, 5.41) is 4.06. The summed E-state index contributed by atoms with van der Waals surface area (Å²) in [6, 6.07) is 9.80. The van der Waals surface area contributed by atoms with Gasteiger partial charge in [-0.2, -0.15) is 0 Å². The third-order valence-electron chi connectivity index (χ3n) is 4.96. The van der Waals surface area contributed by atoms with E-state index in [9.17, 15) is 4.79 Å². The number of unbranched alkanes of at least 4 members (excludes halogenated alkanes) is 5. The van der Waals surface area contributed by atoms with E-state index in [2.05, 4.69) is 53.7 Å². The molecule has 2 rings (SSSR count). The first-order valence-corrected chi connectivity index (χ1v) is 11.4. The molecule has 0 saturated heterocycles. The third kappa shape index (κ3) is 9.69. The highest BCUT2D eigenvalue weighted by Gasteiger charge is 2.06. The SMILES string of the molecule is CC/C=C\C/C=C\C/C=C\CCCCCCCC(=O)Nc1cccc2cccnc12. The second kappa shape index (κ2) is 15.2. The molecule has 1 aromatic carbocycles. The molecule has 0 atom stereocenters. The standard InChI is InChI=1S/C27H36N2O/c1-2-3-4-5-6-7-8-9-10-11-12-13-14-15-16-22-26(30)29-25-21-17-19-24-20-18-23-28-27(24)25/h3-4,6-7,9-10,17-21,23H,2,5,8,11-16,22H2,1H3,(H,29,30)/b4-3-,7-6-,10-9-. The van der Waals surface area contributed by atoms with Gasteiger partial charge in [0.2, 0.25) is 5.91 Å². The number of hydrogen-bond donors (Lipinski definition) is 1. The zero-order valence-corrected chi connectivity index (χ0v) is 18.4. The van der Waals surface area contributed by atoms with E-state index in [1.807, 2.05) is 30.3 Å². The minimum Gasteiger partial charge on any atom is -0.324 e. The maximum absolute atomic E-state index is 12.2. The van der Waals surface area contributed by atoms with Gasteiger partial charge in [0.05, 0.1) is 11.2 Å². The molecule has 0 saturated carbocycles. The molecule has 0 unspecified atom stereocenters. The number of amides is 1.